The summed E-state index contributed by atoms with van der Waals surface area (Å²) in [5.74, 6) is 0. The second kappa shape index (κ2) is 2.57. The van der Waals surface area contributed by atoms with Crippen LogP contribution < -0.4 is 0 Å². The van der Waals surface area contributed by atoms with Crippen molar-refractivity contribution in [1.29, 1.82) is 0 Å². The van der Waals surface area contributed by atoms with Crippen LogP contribution in [0.3, 0.4) is 0 Å². The fourth-order valence-corrected chi connectivity index (χ4v) is 0.423. The van der Waals surface area contributed by atoms with Crippen LogP contribution >= 0.6 is 0 Å². The van der Waals surface area contributed by atoms with Crippen LogP contribution in [-0.2, 0) is 14.3 Å². The number of alkyl halides is 3. The summed E-state index contributed by atoms with van der Waals surface area (Å²) in [6.07, 6.45) is -2.53. The van der Waals surface area contributed by atoms with E-state index in [4.69, 9.17) is 5.11 Å². The van der Waals surface area contributed by atoms with E-state index in [1.54, 1.807) is 0 Å². The van der Waals surface area contributed by atoms with Crippen LogP contribution in [0.2, 0.25) is 0 Å². The van der Waals surface area contributed by atoms with E-state index in [2.05, 4.69) is 4.18 Å². The molecule has 0 rings (SSSR count). The summed E-state index contributed by atoms with van der Waals surface area (Å²) in [7, 11) is -6.00. The normalized spacial score (nSPS) is 12.6. The van der Waals surface area contributed by atoms with Gasteiger partial charge in [-0.2, -0.15) is 21.6 Å². The number of halogens is 3. The van der Waals surface area contributed by atoms with Crippen LogP contribution in [0.1, 0.15) is 0 Å². The molecule has 5 nitrogen and oxygen atoms in total. The van der Waals surface area contributed by atoms with Gasteiger partial charge < -0.3 is 9.29 Å². The first-order chi connectivity index (χ1) is 4.67. The Morgan fingerprint density at radius 1 is 1.36 bits per heavy atom. The number of rotatable bonds is 1. The molecule has 0 saturated carbocycles. The third kappa shape index (κ3) is 2.62. The maximum atomic E-state index is 11.2. The summed E-state index contributed by atoms with van der Waals surface area (Å²) in [4.78, 5) is 9.36. The first-order valence-corrected chi connectivity index (χ1v) is 3.31. The molecule has 0 amide bonds. The van der Waals surface area contributed by atoms with Crippen LogP contribution in [0.25, 0.3) is 0 Å². The van der Waals surface area contributed by atoms with Crippen molar-refractivity contribution in [3.05, 3.63) is 0 Å². The lowest BCUT2D eigenvalue weighted by molar-refractivity contribution is -0.0528. The van der Waals surface area contributed by atoms with Crippen LogP contribution in [0.5, 0.6) is 0 Å². The van der Waals surface area contributed by atoms with Crippen molar-refractivity contribution in [1.82, 2.24) is 0 Å². The van der Waals surface area contributed by atoms with Gasteiger partial charge in [0.15, 0.2) is 0 Å². The molecule has 0 atom stereocenters. The van der Waals surface area contributed by atoms with Crippen molar-refractivity contribution in [2.45, 2.75) is 5.51 Å². The second-order valence-corrected chi connectivity index (χ2v) is 2.79. The highest BCUT2D eigenvalue weighted by molar-refractivity contribution is 7.88. The molecule has 66 valence electrons. The molecule has 0 fully saturated rings. The molecular weight excluding hydrogens is 193 g/mol. The van der Waals surface area contributed by atoms with E-state index in [1.807, 2.05) is 0 Å². The molecule has 0 aromatic carbocycles. The Labute approximate surface area is 58.5 Å². The minimum atomic E-state index is -6.00. The topological polar surface area (TPSA) is 80.7 Å². The summed E-state index contributed by atoms with van der Waals surface area (Å²) >= 11 is 0. The van der Waals surface area contributed by atoms with Gasteiger partial charge in [-0.05, 0) is 0 Å². The Morgan fingerprint density at radius 2 is 1.73 bits per heavy atom. The first kappa shape index (κ1) is 10.0. The van der Waals surface area contributed by atoms with Gasteiger partial charge in [-0.15, -0.1) is 0 Å². The predicted octanol–water partition coefficient (Wildman–Crippen LogP) is 0.531. The van der Waals surface area contributed by atoms with Gasteiger partial charge in [0.1, 0.15) is 0 Å². The first-order valence-electron chi connectivity index (χ1n) is 1.90. The monoisotopic (exact) mass is 194 g/mol. The third-order valence-corrected chi connectivity index (χ3v) is 1.39. The molecular formula is C2HF3O5S. The Kier molecular flexibility index (Phi) is 2.33. The Bertz CT molecular complexity index is 249. The SMILES string of the molecule is O=C(O)OS(=O)(=O)C(F)(F)F. The highest BCUT2D eigenvalue weighted by Gasteiger charge is 2.49. The maximum absolute atomic E-state index is 11.2. The molecule has 0 aliphatic rings. The van der Waals surface area contributed by atoms with E-state index in [0.29, 0.717) is 0 Å². The van der Waals surface area contributed by atoms with Crippen molar-refractivity contribution in [2.24, 2.45) is 0 Å². The lowest BCUT2D eigenvalue weighted by Gasteiger charge is -2.03. The van der Waals surface area contributed by atoms with E-state index in [9.17, 15) is 26.4 Å². The van der Waals surface area contributed by atoms with Crippen molar-refractivity contribution >= 4 is 16.3 Å². The van der Waals surface area contributed by atoms with Gasteiger partial charge in [0.2, 0.25) is 0 Å². The Morgan fingerprint density at radius 3 is 1.82 bits per heavy atom. The van der Waals surface area contributed by atoms with E-state index in [-0.39, 0.29) is 0 Å². The van der Waals surface area contributed by atoms with Gasteiger partial charge in [0.05, 0.1) is 0 Å². The molecule has 0 aliphatic carbocycles. The largest absolute Gasteiger partial charge is 0.534 e. The Hall–Kier alpha value is -0.990. The zero-order valence-corrected chi connectivity index (χ0v) is 5.44. The highest BCUT2D eigenvalue weighted by atomic mass is 32.2. The maximum Gasteiger partial charge on any atom is 0.534 e. The molecule has 0 saturated heterocycles. The van der Waals surface area contributed by atoms with Crippen molar-refractivity contribution in [2.75, 3.05) is 0 Å². The number of carboxylic acid groups (broad SMARTS) is 1. The van der Waals surface area contributed by atoms with Gasteiger partial charge in [0, 0.05) is 0 Å². The van der Waals surface area contributed by atoms with Gasteiger partial charge in [0.25, 0.3) is 0 Å². The molecule has 11 heavy (non-hydrogen) atoms. The van der Waals surface area contributed by atoms with Crippen molar-refractivity contribution in [3.63, 3.8) is 0 Å². The summed E-state index contributed by atoms with van der Waals surface area (Å²) in [5, 5.41) is 7.51. The van der Waals surface area contributed by atoms with Gasteiger partial charge in [-0.25, -0.2) is 4.79 Å². The molecule has 0 bridgehead atoms. The minimum Gasteiger partial charge on any atom is -0.449 e. The van der Waals surface area contributed by atoms with E-state index >= 15 is 0 Å². The lowest BCUT2D eigenvalue weighted by Crippen LogP contribution is -2.27. The van der Waals surface area contributed by atoms with Crippen LogP contribution in [0.4, 0.5) is 18.0 Å². The predicted molar refractivity (Wildman–Crippen MR) is 24.1 cm³/mol. The second-order valence-electron chi connectivity index (χ2n) is 1.25. The smallest absolute Gasteiger partial charge is 0.449 e. The molecule has 0 radical (unpaired) electrons. The summed E-state index contributed by atoms with van der Waals surface area (Å²) in [6, 6.07) is 0. The Balaban J connectivity index is 4.64. The quantitative estimate of drug-likeness (QED) is 0.486. The fraction of sp³-hybridized carbons (Fsp3) is 0.500. The molecule has 0 spiro atoms. The molecule has 0 aliphatic heterocycles. The molecule has 1 N–H and O–H groups in total. The molecule has 0 heterocycles. The summed E-state index contributed by atoms with van der Waals surface area (Å²) in [5.41, 5.74) is -5.70. The van der Waals surface area contributed by atoms with Crippen LogP contribution in [-0.4, -0.2) is 25.2 Å². The molecule has 0 aromatic heterocycles. The van der Waals surface area contributed by atoms with Gasteiger partial charge >= 0.3 is 21.8 Å². The third-order valence-electron chi connectivity index (χ3n) is 0.464. The molecule has 0 aromatic rings. The summed E-state index contributed by atoms with van der Waals surface area (Å²) in [6.45, 7) is 0. The van der Waals surface area contributed by atoms with E-state index in [1.165, 1.54) is 0 Å². The van der Waals surface area contributed by atoms with E-state index in [0.717, 1.165) is 0 Å². The number of carbonyl (C=O) groups is 1. The van der Waals surface area contributed by atoms with Gasteiger partial charge in [-0.3, -0.25) is 0 Å². The average molecular weight is 194 g/mol. The van der Waals surface area contributed by atoms with Crippen LogP contribution in [0.15, 0.2) is 0 Å². The van der Waals surface area contributed by atoms with Crippen LogP contribution in [0, 0.1) is 0 Å². The summed E-state index contributed by atoms with van der Waals surface area (Å²) < 4.78 is 55.7. The highest BCUT2D eigenvalue weighted by Crippen LogP contribution is 2.24. The number of hydrogen-bond acceptors (Lipinski definition) is 4. The zero-order chi connectivity index (χ0) is 9.28. The molecule has 9 heteroatoms. The molecule has 0 unspecified atom stereocenters. The average Bonchev–Trinajstić information content (AvgIpc) is 1.56. The zero-order valence-electron chi connectivity index (χ0n) is 4.62. The van der Waals surface area contributed by atoms with Gasteiger partial charge in [-0.1, -0.05) is 0 Å². The lowest BCUT2D eigenvalue weighted by atomic mass is 11.5. The van der Waals surface area contributed by atoms with E-state index < -0.39 is 21.8 Å². The minimum absolute atomic E-state index is 2.53. The number of hydrogen-bond donors (Lipinski definition) is 1. The van der Waals surface area contributed by atoms with Crippen molar-refractivity contribution < 1.29 is 35.7 Å². The standard InChI is InChI=1S/C2HF3O5S/c3-2(4,5)11(8,9)10-1(6)7/h(H,6,7). The van der Waals surface area contributed by atoms with Crippen molar-refractivity contribution in [3.8, 4) is 0 Å². The fourth-order valence-electron chi connectivity index (χ4n) is 0.141.